The van der Waals surface area contributed by atoms with Crippen molar-refractivity contribution in [1.29, 1.82) is 0 Å². The zero-order valence-corrected chi connectivity index (χ0v) is 17.2. The molecule has 7 nitrogen and oxygen atoms in total. The van der Waals surface area contributed by atoms with Crippen molar-refractivity contribution in [3.8, 4) is 0 Å². The Kier molecular flexibility index (Phi) is 5.24. The van der Waals surface area contributed by atoms with E-state index in [0.29, 0.717) is 29.1 Å². The van der Waals surface area contributed by atoms with Crippen molar-refractivity contribution in [2.24, 2.45) is 0 Å². The van der Waals surface area contributed by atoms with Gasteiger partial charge in [0, 0.05) is 31.8 Å². The van der Waals surface area contributed by atoms with Gasteiger partial charge in [0.2, 0.25) is 0 Å². The van der Waals surface area contributed by atoms with Crippen molar-refractivity contribution in [3.05, 3.63) is 33.9 Å². The summed E-state index contributed by atoms with van der Waals surface area (Å²) in [6, 6.07) is 3.84. The second-order valence-electron chi connectivity index (χ2n) is 6.51. The Morgan fingerprint density at radius 3 is 2.73 bits per heavy atom. The molecule has 0 saturated heterocycles. The van der Waals surface area contributed by atoms with Crippen LogP contribution in [0.25, 0.3) is 11.1 Å². The number of aryl methyl sites for hydroxylation is 1. The van der Waals surface area contributed by atoms with Crippen LogP contribution in [0.15, 0.2) is 21.2 Å². The van der Waals surface area contributed by atoms with Gasteiger partial charge in [0.1, 0.15) is 5.69 Å². The molecule has 3 aromatic heterocycles. The fraction of sp³-hybridized carbons (Fsp3) is 0.444. The molecule has 3 rings (SSSR count). The van der Waals surface area contributed by atoms with Gasteiger partial charge >= 0.3 is 0 Å². The third kappa shape index (κ3) is 3.31. The molecular formula is C18H23BrN4O3. The van der Waals surface area contributed by atoms with E-state index < -0.39 is 0 Å². The third-order valence-corrected chi connectivity index (χ3v) is 4.75. The van der Waals surface area contributed by atoms with Crippen LogP contribution in [-0.4, -0.2) is 34.0 Å². The number of furan rings is 1. The number of fused-ring (bicyclic) bond motifs is 1. The van der Waals surface area contributed by atoms with E-state index in [-0.39, 0.29) is 11.9 Å². The lowest BCUT2D eigenvalue weighted by Crippen LogP contribution is -2.19. The first-order valence-electron chi connectivity index (χ1n) is 8.48. The highest BCUT2D eigenvalue weighted by atomic mass is 79.9. The van der Waals surface area contributed by atoms with Crippen LogP contribution in [0.2, 0.25) is 0 Å². The summed E-state index contributed by atoms with van der Waals surface area (Å²) in [5.74, 6) is -0.196. The van der Waals surface area contributed by atoms with E-state index in [1.54, 1.807) is 13.2 Å². The molecule has 26 heavy (non-hydrogen) atoms. The lowest BCUT2D eigenvalue weighted by Gasteiger charge is -2.11. The van der Waals surface area contributed by atoms with Gasteiger partial charge < -0.3 is 19.0 Å². The van der Waals surface area contributed by atoms with E-state index in [1.165, 1.54) is 0 Å². The standard InChI is InChI=1S/C18H23BrN4O3/c1-10(2)23-12(4)17(11(3)21-23)20-18(24)14-8-15-13(9-16(19)26-15)22(14)6-7-25-5/h8-10H,6-7H2,1-5H3,(H,20,24). The molecule has 0 fully saturated rings. The molecule has 8 heteroatoms. The molecule has 0 aliphatic rings. The molecule has 140 valence electrons. The van der Waals surface area contributed by atoms with E-state index in [9.17, 15) is 4.79 Å². The first-order chi connectivity index (χ1) is 12.3. The number of nitrogens with one attached hydrogen (secondary N) is 1. The van der Waals surface area contributed by atoms with E-state index in [0.717, 1.165) is 22.6 Å². The van der Waals surface area contributed by atoms with E-state index >= 15 is 0 Å². The predicted octanol–water partition coefficient (Wildman–Crippen LogP) is 4.29. The highest BCUT2D eigenvalue weighted by Gasteiger charge is 2.21. The van der Waals surface area contributed by atoms with Crippen molar-refractivity contribution in [2.75, 3.05) is 19.0 Å². The Balaban J connectivity index is 1.96. The number of carbonyl (C=O) groups is 1. The molecule has 0 saturated carbocycles. The number of carbonyl (C=O) groups excluding carboxylic acids is 1. The van der Waals surface area contributed by atoms with Gasteiger partial charge in [-0.15, -0.1) is 0 Å². The number of halogens is 1. The second kappa shape index (κ2) is 7.28. The van der Waals surface area contributed by atoms with Crippen molar-refractivity contribution >= 4 is 38.6 Å². The van der Waals surface area contributed by atoms with Crippen molar-refractivity contribution in [1.82, 2.24) is 14.3 Å². The van der Waals surface area contributed by atoms with Gasteiger partial charge in [0.25, 0.3) is 5.91 Å². The fourth-order valence-electron chi connectivity index (χ4n) is 3.15. The number of methoxy groups -OCH3 is 1. The summed E-state index contributed by atoms with van der Waals surface area (Å²) in [6.07, 6.45) is 0. The SMILES string of the molecule is COCCn1c(C(=O)Nc2c(C)nn(C(C)C)c2C)cc2oc(Br)cc21. The van der Waals surface area contributed by atoms with Gasteiger partial charge in [-0.3, -0.25) is 9.48 Å². The van der Waals surface area contributed by atoms with Crippen molar-refractivity contribution < 1.29 is 13.9 Å². The van der Waals surface area contributed by atoms with Crippen LogP contribution in [0, 0.1) is 13.8 Å². The number of aromatic nitrogens is 3. The molecule has 3 heterocycles. The maximum atomic E-state index is 13.0. The average molecular weight is 423 g/mol. The third-order valence-electron chi connectivity index (χ3n) is 4.36. The van der Waals surface area contributed by atoms with Crippen LogP contribution in [0.5, 0.6) is 0 Å². The van der Waals surface area contributed by atoms with E-state index in [2.05, 4.69) is 40.2 Å². The van der Waals surface area contributed by atoms with Crippen LogP contribution in [0.1, 0.15) is 41.8 Å². The molecule has 0 aromatic carbocycles. The minimum atomic E-state index is -0.196. The van der Waals surface area contributed by atoms with Crippen molar-refractivity contribution in [2.45, 2.75) is 40.3 Å². The molecule has 0 bridgehead atoms. The van der Waals surface area contributed by atoms with Crippen LogP contribution in [-0.2, 0) is 11.3 Å². The Morgan fingerprint density at radius 2 is 2.12 bits per heavy atom. The van der Waals surface area contributed by atoms with Crippen molar-refractivity contribution in [3.63, 3.8) is 0 Å². The van der Waals surface area contributed by atoms with E-state index in [1.807, 2.05) is 29.2 Å². The highest BCUT2D eigenvalue weighted by molar-refractivity contribution is 9.10. The van der Waals surface area contributed by atoms with Gasteiger partial charge in [-0.05, 0) is 43.6 Å². The van der Waals surface area contributed by atoms with Gasteiger partial charge in [0.05, 0.1) is 29.2 Å². The normalized spacial score (nSPS) is 11.7. The molecule has 0 atom stereocenters. The lowest BCUT2D eigenvalue weighted by molar-refractivity contribution is 0.101. The maximum Gasteiger partial charge on any atom is 0.272 e. The molecule has 1 N–H and O–H groups in total. The molecule has 3 aromatic rings. The molecule has 0 unspecified atom stereocenters. The van der Waals surface area contributed by atoms with Gasteiger partial charge in [-0.2, -0.15) is 5.10 Å². The number of anilines is 1. The molecular weight excluding hydrogens is 400 g/mol. The van der Waals surface area contributed by atoms with Crippen LogP contribution in [0.4, 0.5) is 5.69 Å². The maximum absolute atomic E-state index is 13.0. The Hall–Kier alpha value is -2.06. The monoisotopic (exact) mass is 422 g/mol. The summed E-state index contributed by atoms with van der Waals surface area (Å²) in [5.41, 5.74) is 4.52. The van der Waals surface area contributed by atoms with Crippen LogP contribution < -0.4 is 5.32 Å². The molecule has 0 aliphatic carbocycles. The number of hydrogen-bond donors (Lipinski definition) is 1. The van der Waals surface area contributed by atoms with Gasteiger partial charge in [0.15, 0.2) is 10.3 Å². The number of ether oxygens (including phenoxy) is 1. The first kappa shape index (κ1) is 18.7. The minimum absolute atomic E-state index is 0.196. The van der Waals surface area contributed by atoms with Gasteiger partial charge in [-0.25, -0.2) is 0 Å². The van der Waals surface area contributed by atoms with E-state index in [4.69, 9.17) is 9.15 Å². The number of nitrogens with zero attached hydrogens (tertiary/aromatic N) is 3. The lowest BCUT2D eigenvalue weighted by atomic mass is 10.3. The smallest absolute Gasteiger partial charge is 0.272 e. The highest BCUT2D eigenvalue weighted by Crippen LogP contribution is 2.28. The largest absolute Gasteiger partial charge is 0.448 e. The number of hydrogen-bond acceptors (Lipinski definition) is 4. The fourth-order valence-corrected chi connectivity index (χ4v) is 3.54. The topological polar surface area (TPSA) is 74.2 Å². The molecule has 0 aliphatic heterocycles. The van der Waals surface area contributed by atoms with Crippen LogP contribution >= 0.6 is 15.9 Å². The molecule has 0 radical (unpaired) electrons. The predicted molar refractivity (Wildman–Crippen MR) is 104 cm³/mol. The average Bonchev–Trinajstić information content (AvgIpc) is 3.18. The minimum Gasteiger partial charge on any atom is -0.448 e. The van der Waals surface area contributed by atoms with Gasteiger partial charge in [-0.1, -0.05) is 0 Å². The van der Waals surface area contributed by atoms with Crippen LogP contribution in [0.3, 0.4) is 0 Å². The first-order valence-corrected chi connectivity index (χ1v) is 9.27. The summed E-state index contributed by atoms with van der Waals surface area (Å²) < 4.78 is 15.2. The molecule has 1 amide bonds. The summed E-state index contributed by atoms with van der Waals surface area (Å²) in [4.78, 5) is 13.0. The summed E-state index contributed by atoms with van der Waals surface area (Å²) in [7, 11) is 1.64. The quantitative estimate of drug-likeness (QED) is 0.642. The molecule has 0 spiro atoms. The Morgan fingerprint density at radius 1 is 1.38 bits per heavy atom. The zero-order valence-electron chi connectivity index (χ0n) is 15.6. The second-order valence-corrected chi connectivity index (χ2v) is 7.29. The summed E-state index contributed by atoms with van der Waals surface area (Å²) in [5, 5.41) is 7.54. The number of rotatable bonds is 6. The Labute approximate surface area is 160 Å². The number of amides is 1. The summed E-state index contributed by atoms with van der Waals surface area (Å²) >= 11 is 3.33. The Bertz CT molecular complexity index is 952. The summed E-state index contributed by atoms with van der Waals surface area (Å²) in [6.45, 7) is 9.03. The zero-order chi connectivity index (χ0) is 19.0.